The number of nitrogens with one attached hydrogen (secondary N) is 8. The van der Waals surface area contributed by atoms with Gasteiger partial charge >= 0.3 is 11.9 Å². The van der Waals surface area contributed by atoms with Crippen molar-refractivity contribution in [1.82, 2.24) is 65.4 Å². The third-order valence-corrected chi connectivity index (χ3v) is 15.9. The number of hydrogen-bond donors (Lipinski definition) is 10. The summed E-state index contributed by atoms with van der Waals surface area (Å²) in [5.41, 5.74) is 0.958. The number of aldehydes is 1. The van der Waals surface area contributed by atoms with Gasteiger partial charge in [-0.1, -0.05) is 19.9 Å². The molecule has 28 nitrogen and oxygen atoms in total. The van der Waals surface area contributed by atoms with Crippen molar-refractivity contribution < 1.29 is 61.7 Å². The largest absolute Gasteiger partial charge is 0.494 e. The number of ether oxygens (including phenoxy) is 1. The number of anilines is 1. The van der Waals surface area contributed by atoms with Gasteiger partial charge in [-0.05, 0) is 80.6 Å². The molecule has 0 saturated carbocycles. The smallest absolute Gasteiger partial charge is 0.323 e. The summed E-state index contributed by atoms with van der Waals surface area (Å²) in [6.07, 6.45) is 5.51. The second-order valence-corrected chi connectivity index (χ2v) is 22.3. The summed E-state index contributed by atoms with van der Waals surface area (Å²) in [7, 11) is 3.28. The van der Waals surface area contributed by atoms with Crippen LogP contribution in [0.25, 0.3) is 10.9 Å². The Kier molecular flexibility index (Phi) is 26.9. The van der Waals surface area contributed by atoms with Gasteiger partial charge in [0.25, 0.3) is 5.91 Å². The quantitative estimate of drug-likeness (QED) is 0.0222. The molecule has 10 N–H and O–H groups in total. The van der Waals surface area contributed by atoms with Crippen LogP contribution in [0.1, 0.15) is 73.0 Å². The number of carboxylic acid groups (broad SMARTS) is 2. The highest BCUT2D eigenvalue weighted by molar-refractivity contribution is 7.89. The molecule has 1 aliphatic heterocycles. The third-order valence-electron chi connectivity index (χ3n) is 14.1. The van der Waals surface area contributed by atoms with E-state index in [2.05, 4.69) is 51.5 Å². The number of benzene rings is 2. The molecule has 1 fully saturated rings. The van der Waals surface area contributed by atoms with Gasteiger partial charge in [-0.2, -0.15) is 4.72 Å². The molecule has 464 valence electrons. The average molecular weight is 1210 g/mol. The highest BCUT2D eigenvalue weighted by Gasteiger charge is 2.30. The number of carbonyl (C=O) groups is 8. The van der Waals surface area contributed by atoms with E-state index in [-0.39, 0.29) is 97.8 Å². The Balaban J connectivity index is 0.998. The lowest BCUT2D eigenvalue weighted by atomic mass is 10.1. The molecule has 2 radical (unpaired) electrons. The van der Waals surface area contributed by atoms with Crippen LogP contribution in [-0.4, -0.2) is 217 Å². The molecular weight excluding hydrogens is 1120 g/mol. The summed E-state index contributed by atoms with van der Waals surface area (Å²) >= 11 is 0. The Bertz CT molecular complexity index is 3100. The van der Waals surface area contributed by atoms with E-state index in [1.54, 1.807) is 58.9 Å². The number of amides is 5. The number of aromatic nitrogens is 3. The lowest BCUT2D eigenvalue weighted by molar-refractivity contribution is -0.139. The minimum absolute atomic E-state index is 0.0198. The van der Waals surface area contributed by atoms with Crippen molar-refractivity contribution in [3.8, 4) is 5.75 Å². The van der Waals surface area contributed by atoms with Crippen molar-refractivity contribution in [3.05, 3.63) is 88.4 Å². The highest BCUT2D eigenvalue weighted by Crippen LogP contribution is 2.26. The summed E-state index contributed by atoms with van der Waals surface area (Å²) < 4.78 is 36.9. The van der Waals surface area contributed by atoms with Crippen LogP contribution in [0.4, 0.5) is 5.95 Å². The van der Waals surface area contributed by atoms with Crippen molar-refractivity contribution in [2.75, 3.05) is 104 Å². The molecule has 5 rings (SSSR count). The summed E-state index contributed by atoms with van der Waals surface area (Å²) in [6, 6.07) is 4.29. The van der Waals surface area contributed by atoms with Gasteiger partial charge in [0, 0.05) is 129 Å². The van der Waals surface area contributed by atoms with Crippen molar-refractivity contribution in [2.24, 2.45) is 7.05 Å². The van der Waals surface area contributed by atoms with Gasteiger partial charge in [0.15, 0.2) is 5.95 Å². The molecule has 3 atom stereocenters. The van der Waals surface area contributed by atoms with E-state index in [9.17, 15) is 61.8 Å². The van der Waals surface area contributed by atoms with Crippen LogP contribution < -0.4 is 46.8 Å². The van der Waals surface area contributed by atoms with Crippen molar-refractivity contribution in [3.63, 3.8) is 0 Å². The maximum atomic E-state index is 13.7. The molecule has 5 amide bonds. The molecule has 2 unspecified atom stereocenters. The number of H-pyrrole nitrogens is 1. The number of nitrogens with zero attached hydrogens (tertiary/aromatic N) is 6. The van der Waals surface area contributed by atoms with Gasteiger partial charge in [0.05, 0.1) is 36.2 Å². The number of carbonyl (C=O) groups excluding carboxylic acids is 6. The Labute approximate surface area is 494 Å². The number of imidazole rings is 1. The molecule has 85 heavy (non-hydrogen) atoms. The summed E-state index contributed by atoms with van der Waals surface area (Å²) in [4.78, 5) is 129. The minimum Gasteiger partial charge on any atom is -0.494 e. The molecule has 1 saturated heterocycles. The predicted molar refractivity (Wildman–Crippen MR) is 314 cm³/mol. The summed E-state index contributed by atoms with van der Waals surface area (Å²) in [5, 5.41) is 35.9. The zero-order valence-corrected chi connectivity index (χ0v) is 49.6. The first-order valence-electron chi connectivity index (χ1n) is 28.1. The van der Waals surface area contributed by atoms with Gasteiger partial charge in [0.1, 0.15) is 29.7 Å². The number of rotatable bonds is 31. The van der Waals surface area contributed by atoms with Gasteiger partial charge in [-0.15, -0.1) is 0 Å². The van der Waals surface area contributed by atoms with E-state index in [1.807, 2.05) is 11.8 Å². The number of likely N-dealkylation sites (N-methyl/N-ethyl adjacent to an activating group) is 1. The topological polar surface area (TPSA) is 368 Å². The van der Waals surface area contributed by atoms with Crippen LogP contribution in [0.2, 0.25) is 0 Å². The fraction of sp³-hybridized carbons (Fsp3) is 0.518. The van der Waals surface area contributed by atoms with E-state index in [0.717, 1.165) is 12.1 Å². The Morgan fingerprint density at radius 3 is 2.12 bits per heavy atom. The molecular formula is C56H80N14O14S. The van der Waals surface area contributed by atoms with Gasteiger partial charge in [0.2, 0.25) is 39.1 Å². The molecule has 3 heterocycles. The van der Waals surface area contributed by atoms with Crippen LogP contribution >= 0.6 is 0 Å². The van der Waals surface area contributed by atoms with Crippen LogP contribution in [0.15, 0.2) is 58.6 Å². The molecule has 1 aliphatic rings. The second kappa shape index (κ2) is 33.6. The van der Waals surface area contributed by atoms with Crippen LogP contribution in [0.3, 0.4) is 0 Å². The fourth-order valence-electron chi connectivity index (χ4n) is 9.41. The van der Waals surface area contributed by atoms with E-state index >= 15 is 0 Å². The number of aliphatic carboxylic acids is 2. The highest BCUT2D eigenvalue weighted by atomic mass is 32.2. The number of pyridine rings is 1. The molecule has 4 aromatic rings. The zero-order valence-electron chi connectivity index (χ0n) is 48.7. The summed E-state index contributed by atoms with van der Waals surface area (Å²) in [6.45, 7) is 11.3. The molecule has 29 heteroatoms. The Hall–Kier alpha value is -7.83. The van der Waals surface area contributed by atoms with Crippen molar-refractivity contribution in [2.45, 2.75) is 89.4 Å². The maximum absolute atomic E-state index is 13.7. The SMILES string of the molecule is [CH]N1CCN(CC)CCN(CC(=O)N[C@H](C=O)CCC(=O)NC(CC)C(=O)NCCNC(=O)CCCOc2cc(C)c(S(=O)(=O)NC(CNC(=O)c3cn(C)c4cc(CNc5ncc[nH]5)ccc4c3=O)C(=O)O)c(C)c2)CCN(CC(=O)O)CC1. The van der Waals surface area contributed by atoms with E-state index < -0.39 is 75.7 Å². The van der Waals surface area contributed by atoms with E-state index in [0.29, 0.717) is 82.4 Å². The second-order valence-electron chi connectivity index (χ2n) is 20.6. The molecule has 0 spiro atoms. The average Bonchev–Trinajstić information content (AvgIpc) is 2.08. The Morgan fingerprint density at radius 1 is 0.824 bits per heavy atom. The number of aryl methyl sites for hydroxylation is 3. The number of aromatic amines is 1. The lowest BCUT2D eigenvalue weighted by Gasteiger charge is -2.32. The minimum atomic E-state index is -4.50. The standard InChI is InChI=1S/C56H80N14O14S/c1-7-44(64-48(73)14-12-40(36-71)63-49(74)34-69-24-23-68(8-2)21-19-66(5)20-22-70(26-25-69)35-50(75)76)54(79)58-16-15-57-47(72)10-9-27-84-41-28-37(3)52(38(4)29-41)85(82,83)65-45(55(80)81)32-61-53(78)43-33-67(6)46-30-39(11-13-42(46)51(43)77)31-62-56-59-17-18-60-56/h5,11,13,17-18,28-30,33,36,40,44-45,65H,7-10,12,14-16,19-27,31-32,34-35H2,1-4,6H3,(H,57,72)(H,58,79)(H,61,78)(H,63,74)(H,64,73)(H,75,76)(H,80,81)(H2,59,60,62)/t40-,44?,45?/m0/s1. The first-order chi connectivity index (χ1) is 40.5. The van der Waals surface area contributed by atoms with Gasteiger partial charge in [-0.25, -0.2) is 13.4 Å². The Morgan fingerprint density at radius 2 is 1.48 bits per heavy atom. The monoisotopic (exact) mass is 1200 g/mol. The number of sulfonamides is 1. The van der Waals surface area contributed by atoms with E-state index in [4.69, 9.17) is 11.8 Å². The van der Waals surface area contributed by atoms with Crippen LogP contribution in [-0.2, 0) is 57.2 Å². The third kappa shape index (κ3) is 21.9. The van der Waals surface area contributed by atoms with E-state index in [1.165, 1.54) is 32.2 Å². The zero-order chi connectivity index (χ0) is 62.2. The fourth-order valence-corrected chi connectivity index (χ4v) is 11.1. The van der Waals surface area contributed by atoms with Crippen LogP contribution in [0.5, 0.6) is 5.75 Å². The van der Waals surface area contributed by atoms with Gasteiger partial charge in [-0.3, -0.25) is 53.1 Å². The molecule has 2 aromatic heterocycles. The predicted octanol–water partition coefficient (Wildman–Crippen LogP) is -0.603. The van der Waals surface area contributed by atoms with Gasteiger partial charge < -0.3 is 66.1 Å². The first-order valence-corrected chi connectivity index (χ1v) is 29.6. The number of carboxylic acids is 2. The molecule has 2 aromatic carbocycles. The maximum Gasteiger partial charge on any atom is 0.323 e. The summed E-state index contributed by atoms with van der Waals surface area (Å²) in [5.74, 6) is -4.36. The molecule has 0 bridgehead atoms. The normalized spacial score (nSPS) is 15.3. The lowest BCUT2D eigenvalue weighted by Crippen LogP contribution is -2.49. The van der Waals surface area contributed by atoms with Crippen LogP contribution in [0, 0.1) is 20.9 Å². The van der Waals surface area contributed by atoms with Crippen molar-refractivity contribution in [1.29, 1.82) is 0 Å². The number of hydrogen-bond acceptors (Lipinski definition) is 18. The first kappa shape index (κ1) is 68.0. The van der Waals surface area contributed by atoms with Crippen molar-refractivity contribution >= 4 is 74.6 Å². The molecule has 0 aliphatic carbocycles. The number of fused-ring (bicyclic) bond motifs is 1.